The Morgan fingerprint density at radius 2 is 1.61 bits per heavy atom. The van der Waals surface area contributed by atoms with Gasteiger partial charge in [-0.25, -0.2) is 13.6 Å². The van der Waals surface area contributed by atoms with Crippen LogP contribution in [0.5, 0.6) is 0 Å². The number of nitrogens with one attached hydrogen (secondary N) is 2. The van der Waals surface area contributed by atoms with Crippen molar-refractivity contribution in [3.8, 4) is 0 Å². The Morgan fingerprint density at radius 1 is 0.909 bits per heavy atom. The van der Waals surface area contributed by atoms with Crippen molar-refractivity contribution in [2.75, 3.05) is 10.6 Å². The summed E-state index contributed by atoms with van der Waals surface area (Å²) in [5, 5.41) is 10.2. The van der Waals surface area contributed by atoms with E-state index in [-0.39, 0.29) is 16.7 Å². The molecule has 0 bridgehead atoms. The van der Waals surface area contributed by atoms with Crippen LogP contribution in [0.4, 0.5) is 11.4 Å². The van der Waals surface area contributed by atoms with Crippen LogP contribution in [0.3, 0.4) is 0 Å². The van der Waals surface area contributed by atoms with Gasteiger partial charge in [-0.3, -0.25) is 9.59 Å². The summed E-state index contributed by atoms with van der Waals surface area (Å²) in [5.74, 6) is -0.502. The Bertz CT molecular complexity index is 1260. The Hall–Kier alpha value is -3.40. The van der Waals surface area contributed by atoms with Gasteiger partial charge in [-0.2, -0.15) is 0 Å². The molecule has 0 aliphatic carbocycles. The summed E-state index contributed by atoms with van der Waals surface area (Å²) in [6, 6.07) is 22.4. The summed E-state index contributed by atoms with van der Waals surface area (Å²) in [5.41, 5.74) is 2.01. The van der Waals surface area contributed by atoms with Crippen LogP contribution >= 0.6 is 11.8 Å². The topological polar surface area (TPSA) is 118 Å². The van der Waals surface area contributed by atoms with Crippen LogP contribution in [-0.2, 0) is 19.6 Å². The van der Waals surface area contributed by atoms with E-state index in [0.717, 1.165) is 10.5 Å². The lowest BCUT2D eigenvalue weighted by molar-refractivity contribution is -0.115. The standard InChI is InChI=1S/C24H23N3O4S2/c1-17(24(29)27-19-11-13-22(14-12-19)33(25,30)31)32-21-9-5-8-20(16-21)26-23(28)15-10-18-6-3-2-4-7-18/h2-17H,1H3,(H,26,28)(H,27,29)(H2,25,30,31)/b15-10+. The third kappa shape index (κ3) is 7.60. The van der Waals surface area contributed by atoms with Gasteiger partial charge in [0, 0.05) is 22.3 Å². The van der Waals surface area contributed by atoms with Gasteiger partial charge in [-0.1, -0.05) is 36.4 Å². The van der Waals surface area contributed by atoms with Gasteiger partial charge in [-0.05, 0) is 61.0 Å². The molecule has 3 rings (SSSR count). The molecular formula is C24H23N3O4S2. The molecule has 1 unspecified atom stereocenters. The molecule has 2 amide bonds. The highest BCUT2D eigenvalue weighted by atomic mass is 32.2. The Kier molecular flexibility index (Phi) is 8.05. The van der Waals surface area contributed by atoms with Crippen LogP contribution in [0.25, 0.3) is 6.08 Å². The number of nitrogens with two attached hydrogens (primary N) is 1. The Labute approximate surface area is 197 Å². The summed E-state index contributed by atoms with van der Waals surface area (Å²) < 4.78 is 22.7. The lowest BCUT2D eigenvalue weighted by atomic mass is 10.2. The number of carbonyl (C=O) groups is 2. The normalized spacial score (nSPS) is 12.3. The van der Waals surface area contributed by atoms with Gasteiger partial charge in [-0.15, -0.1) is 11.8 Å². The molecule has 0 heterocycles. The molecule has 0 aliphatic heterocycles. The molecule has 0 fully saturated rings. The number of carbonyl (C=O) groups excluding carboxylic acids is 2. The maximum atomic E-state index is 12.5. The van der Waals surface area contributed by atoms with E-state index in [9.17, 15) is 18.0 Å². The minimum Gasteiger partial charge on any atom is -0.325 e. The molecule has 170 valence electrons. The number of thioether (sulfide) groups is 1. The van der Waals surface area contributed by atoms with Gasteiger partial charge < -0.3 is 10.6 Å². The van der Waals surface area contributed by atoms with Gasteiger partial charge in [0.1, 0.15) is 0 Å². The van der Waals surface area contributed by atoms with Crippen molar-refractivity contribution in [3.05, 3.63) is 90.5 Å². The SMILES string of the molecule is CC(Sc1cccc(NC(=O)/C=C/c2ccccc2)c1)C(=O)Nc1ccc(S(N)(=O)=O)cc1. The first-order valence-corrected chi connectivity index (χ1v) is 12.4. The Balaban J connectivity index is 1.57. The van der Waals surface area contributed by atoms with E-state index in [1.54, 1.807) is 31.2 Å². The third-order valence-corrected chi connectivity index (χ3v) is 6.48. The molecular weight excluding hydrogens is 458 g/mol. The fraction of sp³-hybridized carbons (Fsp3) is 0.0833. The van der Waals surface area contributed by atoms with Crippen molar-refractivity contribution in [2.45, 2.75) is 22.0 Å². The number of primary sulfonamides is 1. The quantitative estimate of drug-likeness (QED) is 0.331. The van der Waals surface area contributed by atoms with Crippen LogP contribution in [-0.4, -0.2) is 25.5 Å². The lowest BCUT2D eigenvalue weighted by Gasteiger charge is -2.13. The van der Waals surface area contributed by atoms with Gasteiger partial charge in [0.05, 0.1) is 10.1 Å². The van der Waals surface area contributed by atoms with E-state index in [1.807, 2.05) is 36.4 Å². The first-order valence-electron chi connectivity index (χ1n) is 9.95. The summed E-state index contributed by atoms with van der Waals surface area (Å²) in [6.07, 6.45) is 3.20. The first-order chi connectivity index (χ1) is 15.7. The van der Waals surface area contributed by atoms with Crippen molar-refractivity contribution in [1.29, 1.82) is 0 Å². The molecule has 4 N–H and O–H groups in total. The van der Waals surface area contributed by atoms with E-state index in [1.165, 1.54) is 42.1 Å². The van der Waals surface area contributed by atoms with E-state index in [0.29, 0.717) is 11.4 Å². The summed E-state index contributed by atoms with van der Waals surface area (Å²) in [4.78, 5) is 25.5. The van der Waals surface area contributed by atoms with E-state index in [4.69, 9.17) is 5.14 Å². The van der Waals surface area contributed by atoms with Crippen molar-refractivity contribution >= 4 is 51.1 Å². The molecule has 0 saturated heterocycles. The molecule has 3 aromatic carbocycles. The molecule has 0 radical (unpaired) electrons. The van der Waals surface area contributed by atoms with E-state index in [2.05, 4.69) is 10.6 Å². The third-order valence-electron chi connectivity index (χ3n) is 4.46. The molecule has 3 aromatic rings. The predicted octanol–water partition coefficient (Wildman–Crippen LogP) is 4.11. The van der Waals surface area contributed by atoms with Gasteiger partial charge >= 0.3 is 0 Å². The lowest BCUT2D eigenvalue weighted by Crippen LogP contribution is -2.22. The molecule has 7 nitrogen and oxygen atoms in total. The fourth-order valence-electron chi connectivity index (χ4n) is 2.80. The highest BCUT2D eigenvalue weighted by Gasteiger charge is 2.16. The van der Waals surface area contributed by atoms with Crippen LogP contribution in [0.15, 0.2) is 94.7 Å². The number of hydrogen-bond donors (Lipinski definition) is 3. The second-order valence-corrected chi connectivity index (χ2v) is 10.1. The predicted molar refractivity (Wildman–Crippen MR) is 132 cm³/mol. The zero-order valence-corrected chi connectivity index (χ0v) is 19.4. The zero-order valence-electron chi connectivity index (χ0n) is 17.8. The second-order valence-electron chi connectivity index (χ2n) is 7.08. The van der Waals surface area contributed by atoms with Crippen LogP contribution < -0.4 is 15.8 Å². The van der Waals surface area contributed by atoms with Gasteiger partial charge in [0.15, 0.2) is 0 Å². The first kappa shape index (κ1) is 24.2. The average molecular weight is 482 g/mol. The maximum absolute atomic E-state index is 12.5. The minimum absolute atomic E-state index is 0.0274. The number of amides is 2. The van der Waals surface area contributed by atoms with Gasteiger partial charge in [0.25, 0.3) is 0 Å². The molecule has 1 atom stereocenters. The monoisotopic (exact) mass is 481 g/mol. The number of rotatable bonds is 8. The number of sulfonamides is 1. The van der Waals surface area contributed by atoms with E-state index >= 15 is 0 Å². The molecule has 0 aliphatic rings. The average Bonchev–Trinajstić information content (AvgIpc) is 2.78. The largest absolute Gasteiger partial charge is 0.325 e. The minimum atomic E-state index is -3.79. The molecule has 0 aromatic heterocycles. The van der Waals surface area contributed by atoms with Crippen molar-refractivity contribution in [1.82, 2.24) is 0 Å². The molecule has 0 spiro atoms. The fourth-order valence-corrected chi connectivity index (χ4v) is 4.24. The van der Waals surface area contributed by atoms with Crippen molar-refractivity contribution < 1.29 is 18.0 Å². The summed E-state index contributed by atoms with van der Waals surface area (Å²) in [7, 11) is -3.79. The zero-order chi connectivity index (χ0) is 23.8. The highest BCUT2D eigenvalue weighted by molar-refractivity contribution is 8.00. The highest BCUT2D eigenvalue weighted by Crippen LogP contribution is 2.27. The van der Waals surface area contributed by atoms with Crippen molar-refractivity contribution in [2.24, 2.45) is 5.14 Å². The maximum Gasteiger partial charge on any atom is 0.248 e. The van der Waals surface area contributed by atoms with Crippen LogP contribution in [0.2, 0.25) is 0 Å². The Morgan fingerprint density at radius 3 is 2.27 bits per heavy atom. The summed E-state index contributed by atoms with van der Waals surface area (Å²) in [6.45, 7) is 1.76. The smallest absolute Gasteiger partial charge is 0.248 e. The van der Waals surface area contributed by atoms with Crippen LogP contribution in [0.1, 0.15) is 12.5 Å². The molecule has 0 saturated carbocycles. The molecule has 9 heteroatoms. The van der Waals surface area contributed by atoms with Gasteiger partial charge in [0.2, 0.25) is 21.8 Å². The van der Waals surface area contributed by atoms with Crippen molar-refractivity contribution in [3.63, 3.8) is 0 Å². The number of hydrogen-bond acceptors (Lipinski definition) is 5. The van der Waals surface area contributed by atoms with E-state index < -0.39 is 15.3 Å². The number of benzene rings is 3. The molecule has 33 heavy (non-hydrogen) atoms. The van der Waals surface area contributed by atoms with Crippen LogP contribution in [0, 0.1) is 0 Å². The summed E-state index contributed by atoms with van der Waals surface area (Å²) >= 11 is 1.33. The second kappa shape index (κ2) is 11.0. The number of anilines is 2.